The lowest BCUT2D eigenvalue weighted by atomic mass is 9.88. The first-order chi connectivity index (χ1) is 14.8. The number of allylic oxidation sites excluding steroid dienone is 1. The van der Waals surface area contributed by atoms with Crippen LogP contribution in [-0.4, -0.2) is 26.5 Å². The number of alkyl carbamates (subject to hydrolysis) is 1. The van der Waals surface area contributed by atoms with Gasteiger partial charge in [0, 0.05) is 23.6 Å². The Balaban J connectivity index is 1.74. The highest BCUT2D eigenvalue weighted by Crippen LogP contribution is 2.29. The van der Waals surface area contributed by atoms with Gasteiger partial charge in [0.05, 0.1) is 17.5 Å². The molecule has 3 aromatic rings. The minimum absolute atomic E-state index is 0.0716. The van der Waals surface area contributed by atoms with Crippen LogP contribution in [0.1, 0.15) is 32.3 Å². The maximum Gasteiger partial charge on any atom is 0.419 e. The first-order valence-electron chi connectivity index (χ1n) is 9.92. The Kier molecular flexibility index (Phi) is 5.18. The third-order valence-corrected chi connectivity index (χ3v) is 5.35. The molecule has 2 amide bonds. The van der Waals surface area contributed by atoms with E-state index in [2.05, 4.69) is 9.97 Å². The molecule has 1 aliphatic rings. The van der Waals surface area contributed by atoms with Gasteiger partial charge in [0.25, 0.3) is 11.5 Å². The lowest BCUT2D eigenvalue weighted by Gasteiger charge is -2.17. The fraction of sp³-hybridized carbons (Fsp3) is 0.273. The Hall–Kier alpha value is -3.75. The van der Waals surface area contributed by atoms with Crippen LogP contribution in [0.2, 0.25) is 0 Å². The summed E-state index contributed by atoms with van der Waals surface area (Å²) in [5, 5.41) is 2.03. The summed E-state index contributed by atoms with van der Waals surface area (Å²) in [6.45, 7) is 6.36. The number of carbonyl (C=O) groups excluding carboxylic acids is 2. The number of nitrogens with one attached hydrogen (secondary N) is 2. The molecule has 160 valence electrons. The van der Waals surface area contributed by atoms with Crippen LogP contribution in [0.15, 0.2) is 47.2 Å². The number of pyridine rings is 1. The smallest absolute Gasteiger partial charge is 0.404 e. The highest BCUT2D eigenvalue weighted by Gasteiger charge is 2.29. The largest absolute Gasteiger partial charge is 0.419 e. The molecule has 1 fully saturated rings. The molecule has 1 atom stereocenters. The number of imide groups is 1. The third kappa shape index (κ3) is 3.63. The van der Waals surface area contributed by atoms with Crippen molar-refractivity contribution in [3.63, 3.8) is 0 Å². The Morgan fingerprint density at radius 1 is 1.19 bits per heavy atom. The van der Waals surface area contributed by atoms with Crippen molar-refractivity contribution in [3.8, 4) is 11.3 Å². The maximum atomic E-state index is 15.1. The number of hydrogen-bond acceptors (Lipinski definition) is 5. The van der Waals surface area contributed by atoms with E-state index in [1.165, 1.54) is 6.08 Å². The number of carbonyl (C=O) groups is 2. The summed E-state index contributed by atoms with van der Waals surface area (Å²) in [5.41, 5.74) is 1.43. The minimum Gasteiger partial charge on any atom is -0.404 e. The van der Waals surface area contributed by atoms with Crippen molar-refractivity contribution >= 4 is 23.0 Å². The molecule has 0 spiro atoms. The fourth-order valence-corrected chi connectivity index (χ4v) is 3.70. The summed E-state index contributed by atoms with van der Waals surface area (Å²) in [6.07, 6.45) is 2.19. The summed E-state index contributed by atoms with van der Waals surface area (Å²) < 4.78 is 21.8. The standard InChI is InChI=1S/C22H21FN4O4/c1-4-27-10-24-19-16(27)8-6-13(18(19)23)15-7-5-12(20(28)25-15)14(11(2)3)9-17-21(29)26-22(30)31-17/h5-11,14H,4H2,1-3H3,(H,25,28)(H,26,29,30)/b17-9-. The molecule has 1 aromatic carbocycles. The second kappa shape index (κ2) is 7.82. The summed E-state index contributed by atoms with van der Waals surface area (Å²) in [6, 6.07) is 6.59. The van der Waals surface area contributed by atoms with Crippen LogP contribution in [0, 0.1) is 11.7 Å². The molecule has 1 saturated heterocycles. The van der Waals surface area contributed by atoms with E-state index in [-0.39, 0.29) is 22.8 Å². The second-order valence-corrected chi connectivity index (χ2v) is 7.63. The highest BCUT2D eigenvalue weighted by molar-refractivity contribution is 6.07. The van der Waals surface area contributed by atoms with Crippen molar-refractivity contribution in [3.05, 3.63) is 64.2 Å². The van der Waals surface area contributed by atoms with Crippen LogP contribution in [-0.2, 0) is 16.1 Å². The summed E-state index contributed by atoms with van der Waals surface area (Å²) in [7, 11) is 0. The molecule has 4 rings (SSSR count). The van der Waals surface area contributed by atoms with E-state index < -0.39 is 29.3 Å². The van der Waals surface area contributed by atoms with Gasteiger partial charge in [-0.3, -0.25) is 14.9 Å². The summed E-state index contributed by atoms with van der Waals surface area (Å²) in [4.78, 5) is 42.8. The van der Waals surface area contributed by atoms with Gasteiger partial charge in [-0.25, -0.2) is 14.2 Å². The number of H-pyrrole nitrogens is 1. The van der Waals surface area contributed by atoms with E-state index in [1.807, 2.05) is 30.7 Å². The lowest BCUT2D eigenvalue weighted by molar-refractivity contribution is -0.116. The average molecular weight is 424 g/mol. The molecule has 2 aromatic heterocycles. The zero-order valence-electron chi connectivity index (χ0n) is 17.2. The Labute approximate surface area is 176 Å². The predicted octanol–water partition coefficient (Wildman–Crippen LogP) is 3.44. The molecular formula is C22H21FN4O4. The maximum absolute atomic E-state index is 15.1. The van der Waals surface area contributed by atoms with Crippen LogP contribution in [0.25, 0.3) is 22.3 Å². The Bertz CT molecular complexity index is 1290. The number of nitrogens with zero attached hydrogens (tertiary/aromatic N) is 2. The highest BCUT2D eigenvalue weighted by atomic mass is 19.1. The first-order valence-corrected chi connectivity index (χ1v) is 9.92. The van der Waals surface area contributed by atoms with Gasteiger partial charge < -0.3 is 14.3 Å². The zero-order valence-corrected chi connectivity index (χ0v) is 17.2. The van der Waals surface area contributed by atoms with E-state index in [9.17, 15) is 14.4 Å². The summed E-state index contributed by atoms with van der Waals surface area (Å²) >= 11 is 0. The topological polar surface area (TPSA) is 106 Å². The molecule has 0 bridgehead atoms. The van der Waals surface area contributed by atoms with Crippen LogP contribution in [0.3, 0.4) is 0 Å². The monoisotopic (exact) mass is 424 g/mol. The molecule has 3 heterocycles. The number of cyclic esters (lactones) is 1. The van der Waals surface area contributed by atoms with Crippen LogP contribution >= 0.6 is 0 Å². The number of aromatic amines is 1. The van der Waals surface area contributed by atoms with Gasteiger partial charge in [-0.1, -0.05) is 19.9 Å². The number of amides is 2. The van der Waals surface area contributed by atoms with Crippen molar-refractivity contribution in [2.45, 2.75) is 33.2 Å². The van der Waals surface area contributed by atoms with Gasteiger partial charge >= 0.3 is 6.09 Å². The number of halogens is 1. The van der Waals surface area contributed by atoms with E-state index in [0.717, 1.165) is 0 Å². The number of aromatic nitrogens is 3. The van der Waals surface area contributed by atoms with Crippen LogP contribution in [0.4, 0.5) is 9.18 Å². The minimum atomic E-state index is -0.848. The van der Waals surface area contributed by atoms with Gasteiger partial charge in [0.1, 0.15) is 5.52 Å². The molecule has 2 N–H and O–H groups in total. The Morgan fingerprint density at radius 2 is 1.97 bits per heavy atom. The number of imidazole rings is 1. The zero-order chi connectivity index (χ0) is 22.3. The van der Waals surface area contributed by atoms with Gasteiger partial charge in [-0.05, 0) is 37.1 Å². The van der Waals surface area contributed by atoms with Crippen molar-refractivity contribution in [2.75, 3.05) is 0 Å². The molecule has 0 saturated carbocycles. The average Bonchev–Trinajstić information content (AvgIpc) is 3.29. The van der Waals surface area contributed by atoms with Crippen molar-refractivity contribution in [1.29, 1.82) is 0 Å². The SMILES string of the molecule is CCn1cnc2c(F)c(-c3ccc(C(/C=C4\OC(=O)NC4=O)C(C)C)c(=O)[nH]3)ccc21. The van der Waals surface area contributed by atoms with Crippen molar-refractivity contribution < 1.29 is 18.7 Å². The number of aryl methyl sites for hydroxylation is 1. The molecule has 9 heteroatoms. The van der Waals surface area contributed by atoms with Gasteiger partial charge in [0.15, 0.2) is 11.6 Å². The number of benzene rings is 1. The number of hydrogen-bond donors (Lipinski definition) is 2. The molecule has 1 aliphatic heterocycles. The molecule has 31 heavy (non-hydrogen) atoms. The lowest BCUT2D eigenvalue weighted by Crippen LogP contribution is -2.21. The normalized spacial score (nSPS) is 16.2. The molecule has 0 radical (unpaired) electrons. The van der Waals surface area contributed by atoms with Crippen molar-refractivity contribution in [1.82, 2.24) is 19.9 Å². The molecule has 0 aliphatic carbocycles. The number of rotatable bonds is 5. The van der Waals surface area contributed by atoms with Crippen LogP contribution < -0.4 is 10.9 Å². The van der Waals surface area contributed by atoms with E-state index >= 15 is 4.39 Å². The van der Waals surface area contributed by atoms with Crippen molar-refractivity contribution in [2.24, 2.45) is 5.92 Å². The Morgan fingerprint density at radius 3 is 2.58 bits per heavy atom. The fourth-order valence-electron chi connectivity index (χ4n) is 3.70. The summed E-state index contributed by atoms with van der Waals surface area (Å²) in [5.74, 6) is -1.86. The third-order valence-electron chi connectivity index (χ3n) is 5.35. The molecular weight excluding hydrogens is 403 g/mol. The first kappa shape index (κ1) is 20.5. The number of fused-ring (bicyclic) bond motifs is 1. The molecule has 8 nitrogen and oxygen atoms in total. The van der Waals surface area contributed by atoms with Gasteiger partial charge in [-0.15, -0.1) is 0 Å². The van der Waals surface area contributed by atoms with E-state index in [4.69, 9.17) is 4.74 Å². The predicted molar refractivity (Wildman–Crippen MR) is 112 cm³/mol. The van der Waals surface area contributed by atoms with E-state index in [1.54, 1.807) is 30.6 Å². The second-order valence-electron chi connectivity index (χ2n) is 7.63. The van der Waals surface area contributed by atoms with Gasteiger partial charge in [-0.2, -0.15) is 0 Å². The van der Waals surface area contributed by atoms with E-state index in [0.29, 0.717) is 23.3 Å². The van der Waals surface area contributed by atoms with Gasteiger partial charge in [0.2, 0.25) is 0 Å². The quantitative estimate of drug-likeness (QED) is 0.611. The van der Waals surface area contributed by atoms with Crippen LogP contribution in [0.5, 0.6) is 0 Å². The molecule has 1 unspecified atom stereocenters. The number of ether oxygens (including phenoxy) is 1.